The number of aromatic nitrogens is 2. The lowest BCUT2D eigenvalue weighted by atomic mass is 10.2. The highest BCUT2D eigenvalue weighted by molar-refractivity contribution is 5.89. The summed E-state index contributed by atoms with van der Waals surface area (Å²) >= 11 is 0. The van der Waals surface area contributed by atoms with E-state index in [1.54, 1.807) is 16.9 Å². The normalized spacial score (nSPS) is 11.6. The van der Waals surface area contributed by atoms with Crippen LogP contribution < -0.4 is 15.4 Å². The maximum absolute atomic E-state index is 12.1. The van der Waals surface area contributed by atoms with Crippen LogP contribution in [0.5, 0.6) is 5.75 Å². The minimum atomic E-state index is -0.279. The predicted octanol–water partition coefficient (Wildman–Crippen LogP) is 3.26. The molecule has 0 aliphatic carbocycles. The number of nitrogens with one attached hydrogen (secondary N) is 2. The molecule has 1 aromatic carbocycles. The average Bonchev–Trinajstić information content (AvgIpc) is 2.92. The molecular formula is C17H22N4O2. The van der Waals surface area contributed by atoms with Crippen LogP contribution in [-0.4, -0.2) is 22.4 Å². The zero-order valence-electron chi connectivity index (χ0n) is 13.7. The lowest BCUT2D eigenvalue weighted by Crippen LogP contribution is -2.31. The number of hydrogen-bond donors (Lipinski definition) is 2. The maximum Gasteiger partial charge on any atom is 0.319 e. The molecule has 0 saturated heterocycles. The second-order valence-corrected chi connectivity index (χ2v) is 5.54. The summed E-state index contributed by atoms with van der Waals surface area (Å²) in [5, 5.41) is 9.76. The van der Waals surface area contributed by atoms with Gasteiger partial charge >= 0.3 is 6.03 Å². The Balaban J connectivity index is 1.92. The Labute approximate surface area is 136 Å². The first-order valence-corrected chi connectivity index (χ1v) is 7.37. The number of carbonyl (C=O) groups excluding carboxylic acids is 1. The van der Waals surface area contributed by atoms with Crippen molar-refractivity contribution in [2.24, 2.45) is 7.05 Å². The van der Waals surface area contributed by atoms with Crippen LogP contribution in [0.15, 0.2) is 48.8 Å². The van der Waals surface area contributed by atoms with Crippen molar-refractivity contribution in [3.05, 3.63) is 54.4 Å². The van der Waals surface area contributed by atoms with E-state index in [2.05, 4.69) is 22.3 Å². The molecule has 2 N–H and O–H groups in total. The molecule has 1 heterocycles. The molecule has 2 amide bonds. The molecule has 122 valence electrons. The van der Waals surface area contributed by atoms with Crippen molar-refractivity contribution in [1.82, 2.24) is 15.1 Å². The molecule has 0 fully saturated rings. The van der Waals surface area contributed by atoms with Crippen LogP contribution in [0.4, 0.5) is 10.5 Å². The molecule has 0 unspecified atom stereocenters. The van der Waals surface area contributed by atoms with Gasteiger partial charge in [-0.2, -0.15) is 5.10 Å². The molecule has 0 spiro atoms. The molecule has 2 rings (SSSR count). The van der Waals surface area contributed by atoms with Gasteiger partial charge in [-0.3, -0.25) is 4.68 Å². The number of carbonyl (C=O) groups is 1. The summed E-state index contributed by atoms with van der Waals surface area (Å²) in [6, 6.07) is 6.84. The number of urea groups is 1. The molecule has 0 saturated carbocycles. The van der Waals surface area contributed by atoms with E-state index in [1.807, 2.05) is 45.3 Å². The third-order valence-electron chi connectivity index (χ3n) is 3.15. The number of rotatable bonds is 6. The van der Waals surface area contributed by atoms with Gasteiger partial charge in [0.2, 0.25) is 0 Å². The summed E-state index contributed by atoms with van der Waals surface area (Å²) in [6.45, 7) is 8.05. The number of nitrogens with zero attached hydrogens (tertiary/aromatic N) is 2. The minimum absolute atomic E-state index is 0.133. The van der Waals surface area contributed by atoms with Gasteiger partial charge in [0.15, 0.2) is 0 Å². The lowest BCUT2D eigenvalue weighted by Gasteiger charge is -2.14. The summed E-state index contributed by atoms with van der Waals surface area (Å²) in [7, 11) is 1.84. The van der Waals surface area contributed by atoms with Crippen LogP contribution in [0.1, 0.15) is 25.5 Å². The quantitative estimate of drug-likeness (QED) is 0.804. The van der Waals surface area contributed by atoms with Gasteiger partial charge in [0.1, 0.15) is 12.4 Å². The molecule has 6 heteroatoms. The molecule has 6 nitrogen and oxygen atoms in total. The fourth-order valence-electron chi connectivity index (χ4n) is 1.98. The standard InChI is InChI=1S/C17H22N4O2/c1-12(2)11-23-16-7-5-6-15(8-16)20-17(22)19-13(3)14-9-18-21(4)10-14/h5-10,13H,1,11H2,2-4H3,(H2,19,20,22)/t13-/m1/s1. The molecule has 2 aromatic rings. The highest BCUT2D eigenvalue weighted by atomic mass is 16.5. The first-order valence-electron chi connectivity index (χ1n) is 7.37. The van der Waals surface area contributed by atoms with Gasteiger partial charge in [-0.25, -0.2) is 4.79 Å². The summed E-state index contributed by atoms with van der Waals surface area (Å²) in [5.74, 6) is 0.686. The van der Waals surface area contributed by atoms with Crippen molar-refractivity contribution >= 4 is 11.7 Å². The van der Waals surface area contributed by atoms with Crippen LogP contribution >= 0.6 is 0 Å². The fraction of sp³-hybridized carbons (Fsp3) is 0.294. The van der Waals surface area contributed by atoms with Crippen molar-refractivity contribution in [3.8, 4) is 5.75 Å². The van der Waals surface area contributed by atoms with Crippen LogP contribution in [0, 0.1) is 0 Å². The third-order valence-corrected chi connectivity index (χ3v) is 3.15. The van der Waals surface area contributed by atoms with E-state index < -0.39 is 0 Å². The van der Waals surface area contributed by atoms with E-state index in [4.69, 9.17) is 4.74 Å². The van der Waals surface area contributed by atoms with Crippen LogP contribution in [0.2, 0.25) is 0 Å². The minimum Gasteiger partial charge on any atom is -0.489 e. The second-order valence-electron chi connectivity index (χ2n) is 5.54. The molecule has 0 bridgehead atoms. The Morgan fingerprint density at radius 1 is 1.48 bits per heavy atom. The zero-order chi connectivity index (χ0) is 16.8. The topological polar surface area (TPSA) is 68.2 Å². The number of anilines is 1. The number of amides is 2. The Morgan fingerprint density at radius 3 is 2.91 bits per heavy atom. The molecule has 1 aromatic heterocycles. The van der Waals surface area contributed by atoms with Gasteiger partial charge in [0.05, 0.1) is 12.2 Å². The Kier molecular flexibility index (Phi) is 5.41. The van der Waals surface area contributed by atoms with E-state index in [0.717, 1.165) is 11.1 Å². The number of benzene rings is 1. The zero-order valence-corrected chi connectivity index (χ0v) is 13.7. The average molecular weight is 314 g/mol. The van der Waals surface area contributed by atoms with Crippen molar-refractivity contribution in [2.75, 3.05) is 11.9 Å². The number of aryl methyl sites for hydroxylation is 1. The van der Waals surface area contributed by atoms with E-state index in [-0.39, 0.29) is 12.1 Å². The second kappa shape index (κ2) is 7.49. The van der Waals surface area contributed by atoms with Gasteiger partial charge in [-0.05, 0) is 31.6 Å². The number of ether oxygens (including phenoxy) is 1. The Morgan fingerprint density at radius 2 is 2.26 bits per heavy atom. The highest BCUT2D eigenvalue weighted by Crippen LogP contribution is 2.18. The number of hydrogen-bond acceptors (Lipinski definition) is 3. The van der Waals surface area contributed by atoms with Gasteiger partial charge in [0.25, 0.3) is 0 Å². The van der Waals surface area contributed by atoms with E-state index in [0.29, 0.717) is 18.0 Å². The van der Waals surface area contributed by atoms with Gasteiger partial charge in [-0.1, -0.05) is 12.6 Å². The summed E-state index contributed by atoms with van der Waals surface area (Å²) < 4.78 is 7.26. The summed E-state index contributed by atoms with van der Waals surface area (Å²) in [5.41, 5.74) is 2.55. The van der Waals surface area contributed by atoms with E-state index in [1.165, 1.54) is 0 Å². The fourth-order valence-corrected chi connectivity index (χ4v) is 1.98. The summed E-state index contributed by atoms with van der Waals surface area (Å²) in [4.78, 5) is 12.1. The van der Waals surface area contributed by atoms with E-state index >= 15 is 0 Å². The van der Waals surface area contributed by atoms with Crippen molar-refractivity contribution in [2.45, 2.75) is 19.9 Å². The molecule has 1 atom stereocenters. The Hall–Kier alpha value is -2.76. The lowest BCUT2D eigenvalue weighted by molar-refractivity contribution is 0.249. The first kappa shape index (κ1) is 16.6. The molecular weight excluding hydrogens is 292 g/mol. The molecule has 23 heavy (non-hydrogen) atoms. The van der Waals surface area contributed by atoms with Crippen molar-refractivity contribution in [1.29, 1.82) is 0 Å². The largest absolute Gasteiger partial charge is 0.489 e. The molecule has 0 aliphatic heterocycles. The highest BCUT2D eigenvalue weighted by Gasteiger charge is 2.11. The smallest absolute Gasteiger partial charge is 0.319 e. The van der Waals surface area contributed by atoms with Crippen molar-refractivity contribution in [3.63, 3.8) is 0 Å². The van der Waals surface area contributed by atoms with Crippen molar-refractivity contribution < 1.29 is 9.53 Å². The van der Waals surface area contributed by atoms with Crippen LogP contribution in [0.25, 0.3) is 0 Å². The summed E-state index contributed by atoms with van der Waals surface area (Å²) in [6.07, 6.45) is 3.61. The SMILES string of the molecule is C=C(C)COc1cccc(NC(=O)N[C@H](C)c2cnn(C)c2)c1. The van der Waals surface area contributed by atoms with Gasteiger partial charge in [0, 0.05) is 30.6 Å². The van der Waals surface area contributed by atoms with Crippen LogP contribution in [0.3, 0.4) is 0 Å². The van der Waals surface area contributed by atoms with Crippen LogP contribution in [-0.2, 0) is 7.05 Å². The monoisotopic (exact) mass is 314 g/mol. The third kappa shape index (κ3) is 5.18. The van der Waals surface area contributed by atoms with Gasteiger partial charge < -0.3 is 15.4 Å². The first-order chi connectivity index (χ1) is 10.9. The predicted molar refractivity (Wildman–Crippen MR) is 90.5 cm³/mol. The Bertz CT molecular complexity index is 693. The maximum atomic E-state index is 12.1. The molecule has 0 radical (unpaired) electrons. The molecule has 0 aliphatic rings. The van der Waals surface area contributed by atoms with Gasteiger partial charge in [-0.15, -0.1) is 0 Å². The van der Waals surface area contributed by atoms with E-state index in [9.17, 15) is 4.79 Å².